The van der Waals surface area contributed by atoms with Gasteiger partial charge in [0.2, 0.25) is 0 Å². The van der Waals surface area contributed by atoms with Crippen molar-refractivity contribution in [2.45, 2.75) is 18.7 Å². The minimum Gasteiger partial charge on any atom is -0.305 e. The molecule has 0 fully saturated rings. The third-order valence-electron chi connectivity index (χ3n) is 3.39. The molecule has 0 bridgehead atoms. The number of hydrogen-bond acceptors (Lipinski definition) is 4. The second-order valence-electron chi connectivity index (χ2n) is 5.25. The number of aryl methyl sites for hydroxylation is 1. The molecule has 3 rings (SSSR count). The maximum absolute atomic E-state index is 12.4. The molecule has 0 amide bonds. The van der Waals surface area contributed by atoms with Crippen molar-refractivity contribution in [3.63, 3.8) is 0 Å². The summed E-state index contributed by atoms with van der Waals surface area (Å²) in [5, 5.41) is 0. The molecule has 2 heterocycles. The molecule has 23 heavy (non-hydrogen) atoms. The van der Waals surface area contributed by atoms with E-state index in [0.717, 1.165) is 11.3 Å². The molecule has 0 atom stereocenters. The maximum atomic E-state index is 12.4. The molecular weight excluding hydrogens is 314 g/mol. The summed E-state index contributed by atoms with van der Waals surface area (Å²) >= 11 is 0. The lowest BCUT2D eigenvalue weighted by atomic mass is 10.2. The molecule has 7 heteroatoms. The first-order chi connectivity index (χ1) is 10.8. The number of rotatable bonds is 4. The SMILES string of the molecule is CC(=O)c1ccc(S(=O)(=O)Nc2ccc3nc(C)cn3c2)cc1. The highest BCUT2D eigenvalue weighted by Gasteiger charge is 2.15. The van der Waals surface area contributed by atoms with Crippen LogP contribution in [0.1, 0.15) is 23.0 Å². The van der Waals surface area contributed by atoms with Gasteiger partial charge in [-0.2, -0.15) is 0 Å². The van der Waals surface area contributed by atoms with Gasteiger partial charge in [-0.05, 0) is 38.1 Å². The van der Waals surface area contributed by atoms with Gasteiger partial charge in [0.25, 0.3) is 10.0 Å². The van der Waals surface area contributed by atoms with Crippen LogP contribution in [0.4, 0.5) is 5.69 Å². The van der Waals surface area contributed by atoms with Crippen molar-refractivity contribution >= 4 is 27.1 Å². The summed E-state index contributed by atoms with van der Waals surface area (Å²) < 4.78 is 29.1. The van der Waals surface area contributed by atoms with Gasteiger partial charge >= 0.3 is 0 Å². The van der Waals surface area contributed by atoms with Crippen molar-refractivity contribution in [3.05, 3.63) is 60.0 Å². The van der Waals surface area contributed by atoms with Gasteiger partial charge in [-0.25, -0.2) is 13.4 Å². The molecule has 0 unspecified atom stereocenters. The first-order valence-electron chi connectivity index (χ1n) is 6.94. The zero-order chi connectivity index (χ0) is 16.6. The minimum absolute atomic E-state index is 0.101. The number of nitrogens with zero attached hydrogens (tertiary/aromatic N) is 2. The van der Waals surface area contributed by atoms with E-state index in [2.05, 4.69) is 9.71 Å². The first kappa shape index (κ1) is 15.2. The molecule has 0 saturated heterocycles. The fourth-order valence-corrected chi connectivity index (χ4v) is 3.31. The van der Waals surface area contributed by atoms with Crippen LogP contribution in [0, 0.1) is 6.92 Å². The number of aromatic nitrogens is 2. The molecule has 118 valence electrons. The molecule has 0 aliphatic rings. The normalized spacial score (nSPS) is 11.6. The van der Waals surface area contributed by atoms with Gasteiger partial charge in [0, 0.05) is 18.0 Å². The van der Waals surface area contributed by atoms with E-state index in [1.165, 1.54) is 31.2 Å². The van der Waals surface area contributed by atoms with Crippen LogP contribution >= 0.6 is 0 Å². The van der Waals surface area contributed by atoms with Crippen LogP contribution in [0.25, 0.3) is 5.65 Å². The topological polar surface area (TPSA) is 80.5 Å². The fraction of sp³-hybridized carbons (Fsp3) is 0.125. The Morgan fingerprint density at radius 3 is 2.43 bits per heavy atom. The minimum atomic E-state index is -3.71. The summed E-state index contributed by atoms with van der Waals surface area (Å²) in [4.78, 5) is 15.6. The third kappa shape index (κ3) is 3.09. The maximum Gasteiger partial charge on any atom is 0.261 e. The Morgan fingerprint density at radius 2 is 1.78 bits per heavy atom. The van der Waals surface area contributed by atoms with E-state index < -0.39 is 10.0 Å². The number of benzene rings is 1. The van der Waals surface area contributed by atoms with Gasteiger partial charge < -0.3 is 4.40 Å². The summed E-state index contributed by atoms with van der Waals surface area (Å²) in [6, 6.07) is 9.23. The number of Topliss-reactive ketones (excluding diaryl/α,β-unsaturated/α-hetero) is 1. The van der Waals surface area contributed by atoms with E-state index in [1.807, 2.05) is 13.1 Å². The highest BCUT2D eigenvalue weighted by Crippen LogP contribution is 2.18. The van der Waals surface area contributed by atoms with E-state index in [1.54, 1.807) is 22.7 Å². The molecule has 6 nitrogen and oxygen atoms in total. The standard InChI is InChI=1S/C16H15N3O3S/c1-11-9-19-10-14(5-8-16(19)17-11)18-23(21,22)15-6-3-13(4-7-15)12(2)20/h3-10,18H,1-2H3. The van der Waals surface area contributed by atoms with Gasteiger partial charge in [-0.1, -0.05) is 12.1 Å². The van der Waals surface area contributed by atoms with Crippen molar-refractivity contribution in [1.82, 2.24) is 9.38 Å². The van der Waals surface area contributed by atoms with E-state index >= 15 is 0 Å². The Morgan fingerprint density at radius 1 is 1.09 bits per heavy atom. The Balaban J connectivity index is 1.90. The van der Waals surface area contributed by atoms with Crippen molar-refractivity contribution in [2.75, 3.05) is 4.72 Å². The third-order valence-corrected chi connectivity index (χ3v) is 4.79. The molecule has 0 saturated carbocycles. The molecule has 0 aliphatic heterocycles. The number of pyridine rings is 1. The number of anilines is 1. The Kier molecular flexibility index (Phi) is 3.65. The zero-order valence-corrected chi connectivity index (χ0v) is 13.5. The number of hydrogen-bond donors (Lipinski definition) is 1. The van der Waals surface area contributed by atoms with Crippen molar-refractivity contribution in [1.29, 1.82) is 0 Å². The number of sulfonamides is 1. The van der Waals surface area contributed by atoms with Gasteiger partial charge in [0.15, 0.2) is 5.78 Å². The predicted molar refractivity (Wildman–Crippen MR) is 87.2 cm³/mol. The predicted octanol–water partition coefficient (Wildman–Crippen LogP) is 2.65. The van der Waals surface area contributed by atoms with Gasteiger partial charge in [-0.3, -0.25) is 9.52 Å². The van der Waals surface area contributed by atoms with Gasteiger partial charge in [0.1, 0.15) is 5.65 Å². The number of carbonyl (C=O) groups excluding carboxylic acids is 1. The average molecular weight is 329 g/mol. The second-order valence-corrected chi connectivity index (χ2v) is 6.93. The summed E-state index contributed by atoms with van der Waals surface area (Å²) in [5.74, 6) is -0.108. The summed E-state index contributed by atoms with van der Waals surface area (Å²) in [6.45, 7) is 3.30. The molecular formula is C16H15N3O3S. The van der Waals surface area contributed by atoms with Crippen LogP contribution in [0.2, 0.25) is 0 Å². The van der Waals surface area contributed by atoms with Crippen LogP contribution in [0.3, 0.4) is 0 Å². The quantitative estimate of drug-likeness (QED) is 0.746. The van der Waals surface area contributed by atoms with Crippen molar-refractivity contribution < 1.29 is 13.2 Å². The Labute approximate surface area is 133 Å². The number of ketones is 1. The number of carbonyl (C=O) groups is 1. The van der Waals surface area contributed by atoms with Crippen LogP contribution in [0.15, 0.2) is 53.7 Å². The van der Waals surface area contributed by atoms with Crippen LogP contribution in [0.5, 0.6) is 0 Å². The lowest BCUT2D eigenvalue weighted by molar-refractivity contribution is 0.101. The summed E-state index contributed by atoms with van der Waals surface area (Å²) in [7, 11) is -3.71. The fourth-order valence-electron chi connectivity index (χ4n) is 2.26. The first-order valence-corrected chi connectivity index (χ1v) is 8.43. The van der Waals surface area contributed by atoms with Crippen molar-refractivity contribution in [2.24, 2.45) is 0 Å². The molecule has 1 aromatic carbocycles. The lowest BCUT2D eigenvalue weighted by Gasteiger charge is -2.09. The number of nitrogens with one attached hydrogen (secondary N) is 1. The molecule has 0 radical (unpaired) electrons. The van der Waals surface area contributed by atoms with Crippen LogP contribution in [-0.2, 0) is 10.0 Å². The Hall–Kier alpha value is -2.67. The highest BCUT2D eigenvalue weighted by molar-refractivity contribution is 7.92. The van der Waals surface area contributed by atoms with Crippen molar-refractivity contribution in [3.8, 4) is 0 Å². The monoisotopic (exact) mass is 329 g/mol. The second kappa shape index (κ2) is 5.51. The molecule has 2 aromatic heterocycles. The smallest absolute Gasteiger partial charge is 0.261 e. The molecule has 3 aromatic rings. The largest absolute Gasteiger partial charge is 0.305 e. The van der Waals surface area contributed by atoms with E-state index in [4.69, 9.17) is 0 Å². The zero-order valence-electron chi connectivity index (χ0n) is 12.6. The van der Waals surface area contributed by atoms with E-state index in [0.29, 0.717) is 11.3 Å². The van der Waals surface area contributed by atoms with E-state index in [-0.39, 0.29) is 10.7 Å². The Bertz CT molecular complexity index is 989. The van der Waals surface area contributed by atoms with Crippen LogP contribution < -0.4 is 4.72 Å². The number of fused-ring (bicyclic) bond motifs is 1. The summed E-state index contributed by atoms with van der Waals surface area (Å²) in [5.41, 5.74) is 2.51. The summed E-state index contributed by atoms with van der Waals surface area (Å²) in [6.07, 6.45) is 3.48. The van der Waals surface area contributed by atoms with Gasteiger partial charge in [-0.15, -0.1) is 0 Å². The molecule has 0 aliphatic carbocycles. The van der Waals surface area contributed by atoms with E-state index in [9.17, 15) is 13.2 Å². The average Bonchev–Trinajstić information content (AvgIpc) is 2.86. The van der Waals surface area contributed by atoms with Gasteiger partial charge in [0.05, 0.1) is 16.3 Å². The molecule has 1 N–H and O–H groups in total. The van der Waals surface area contributed by atoms with Crippen LogP contribution in [-0.4, -0.2) is 23.6 Å². The number of imidazole rings is 1. The molecule has 0 spiro atoms. The highest BCUT2D eigenvalue weighted by atomic mass is 32.2. The lowest BCUT2D eigenvalue weighted by Crippen LogP contribution is -2.13.